The molecule has 0 aliphatic carbocycles. The lowest BCUT2D eigenvalue weighted by Crippen LogP contribution is -2.36. The Morgan fingerprint density at radius 2 is 1.70 bits per heavy atom. The number of nitrogens with one attached hydrogen (secondary N) is 1. The molecule has 0 saturated carbocycles. The Bertz CT molecular complexity index is 889. The molecule has 0 radical (unpaired) electrons. The van der Waals surface area contributed by atoms with Gasteiger partial charge in [-0.2, -0.15) is 0 Å². The molecule has 1 N–H and O–H groups in total. The number of anilines is 1. The number of benzene rings is 2. The normalized spacial score (nSPS) is 14.6. The number of nitrogens with zero attached hydrogens (tertiary/aromatic N) is 1. The van der Waals surface area contributed by atoms with Crippen molar-refractivity contribution in [3.05, 3.63) is 65.2 Å². The summed E-state index contributed by atoms with van der Waals surface area (Å²) in [5, 5.41) is 2.50. The second-order valence-electron chi connectivity index (χ2n) is 6.48. The molecule has 5 nitrogen and oxygen atoms in total. The Morgan fingerprint density at radius 3 is 2.48 bits per heavy atom. The Hall–Kier alpha value is -3.30. The quantitative estimate of drug-likeness (QED) is 0.832. The van der Waals surface area contributed by atoms with Crippen LogP contribution < -0.4 is 10.2 Å². The summed E-state index contributed by atoms with van der Waals surface area (Å²) in [4.78, 5) is 37.1. The molecule has 1 aliphatic heterocycles. The van der Waals surface area contributed by atoms with Gasteiger partial charge in [-0.05, 0) is 22.8 Å². The molecule has 5 heteroatoms. The number of rotatable bonds is 5. The van der Waals surface area contributed by atoms with E-state index in [1.807, 2.05) is 54.6 Å². The van der Waals surface area contributed by atoms with Gasteiger partial charge in [-0.25, -0.2) is 0 Å². The van der Waals surface area contributed by atoms with Crippen molar-refractivity contribution in [1.82, 2.24) is 5.32 Å². The van der Waals surface area contributed by atoms with Crippen LogP contribution in [0.1, 0.15) is 36.5 Å². The van der Waals surface area contributed by atoms with Crippen molar-refractivity contribution in [2.45, 2.75) is 32.4 Å². The van der Waals surface area contributed by atoms with E-state index in [0.29, 0.717) is 6.54 Å². The van der Waals surface area contributed by atoms with Gasteiger partial charge < -0.3 is 10.2 Å². The molecule has 0 saturated heterocycles. The highest BCUT2D eigenvalue weighted by Gasteiger charge is 2.23. The highest BCUT2D eigenvalue weighted by molar-refractivity contribution is 5.98. The Balaban J connectivity index is 1.83. The third-order valence-corrected chi connectivity index (χ3v) is 4.47. The zero-order valence-corrected chi connectivity index (χ0v) is 15.1. The molecule has 0 bridgehead atoms. The van der Waals surface area contributed by atoms with Gasteiger partial charge >= 0.3 is 6.29 Å². The monoisotopic (exact) mass is 361 g/mol. The first kappa shape index (κ1) is 18.5. The molecule has 2 aromatic carbocycles. The van der Waals surface area contributed by atoms with Crippen LogP contribution in [0.15, 0.2) is 48.5 Å². The Labute approximate surface area is 158 Å². The summed E-state index contributed by atoms with van der Waals surface area (Å²) < 4.78 is 0. The van der Waals surface area contributed by atoms with Crippen molar-refractivity contribution < 1.29 is 14.4 Å². The van der Waals surface area contributed by atoms with Gasteiger partial charge in [0.25, 0.3) is 6.04 Å². The number of hydrogen-bond acceptors (Lipinski definition) is 3. The van der Waals surface area contributed by atoms with Crippen molar-refractivity contribution in [3.63, 3.8) is 0 Å². The van der Waals surface area contributed by atoms with E-state index in [-0.39, 0.29) is 24.7 Å². The number of carbonyl (C=O) groups is 2. The van der Waals surface area contributed by atoms with Crippen LogP contribution in [0.4, 0.5) is 5.69 Å². The van der Waals surface area contributed by atoms with E-state index in [4.69, 9.17) is 0 Å². The van der Waals surface area contributed by atoms with Crippen LogP contribution in [-0.4, -0.2) is 24.1 Å². The van der Waals surface area contributed by atoms with E-state index in [0.717, 1.165) is 22.4 Å². The third-order valence-electron chi connectivity index (χ3n) is 4.47. The molecule has 1 unspecified atom stereocenters. The first-order valence-electron chi connectivity index (χ1n) is 8.91. The predicted molar refractivity (Wildman–Crippen MR) is 106 cm³/mol. The molecule has 1 atom stereocenters. The molecule has 1 aliphatic rings. The molecule has 2 amide bonds. The minimum Gasteiger partial charge on any atom is -0.307 e. The molecule has 3 rings (SSSR count). The molecule has 0 fully saturated rings. The van der Waals surface area contributed by atoms with E-state index in [1.165, 1.54) is 0 Å². The zero-order chi connectivity index (χ0) is 19.2. The second-order valence-corrected chi connectivity index (χ2v) is 6.48. The van der Waals surface area contributed by atoms with Crippen LogP contribution in [0.2, 0.25) is 0 Å². The van der Waals surface area contributed by atoms with Crippen molar-refractivity contribution in [1.29, 1.82) is 0 Å². The number of fused-ring (bicyclic) bond motifs is 2. The lowest BCUT2D eigenvalue weighted by Gasteiger charge is -2.27. The van der Waals surface area contributed by atoms with Crippen LogP contribution in [0.5, 0.6) is 0 Å². The predicted octanol–water partition coefficient (Wildman–Crippen LogP) is 3.10. The van der Waals surface area contributed by atoms with Crippen LogP contribution in [0, 0.1) is 0 Å². The molecule has 136 valence electrons. The van der Waals surface area contributed by atoms with Crippen molar-refractivity contribution in [3.8, 4) is 0 Å². The zero-order valence-electron chi connectivity index (χ0n) is 15.1. The highest BCUT2D eigenvalue weighted by atomic mass is 16.2. The standard InChI is InChI=1S/C22H20N2O3/c1-16(15-25)23-21(26)12-13-22(27)24-14-19-8-3-2-6-17(19)10-11-18-7-4-5-9-20(18)24/h2-11,16H,12-14H2,1H3/p+1/b11-10-. The summed E-state index contributed by atoms with van der Waals surface area (Å²) >= 11 is 0. The molecule has 1 heterocycles. The van der Waals surface area contributed by atoms with Crippen LogP contribution in [0.25, 0.3) is 12.2 Å². The number of hydrogen-bond donors (Lipinski definition) is 1. The number of carbonyl (C=O) groups excluding carboxylic acids is 3. The average Bonchev–Trinajstić information content (AvgIpc) is 2.67. The maximum absolute atomic E-state index is 12.9. The number of para-hydroxylation sites is 1. The van der Waals surface area contributed by atoms with E-state index in [2.05, 4.69) is 11.4 Å². The fourth-order valence-electron chi connectivity index (χ4n) is 3.07. The van der Waals surface area contributed by atoms with Crippen molar-refractivity contribution in [2.24, 2.45) is 0 Å². The van der Waals surface area contributed by atoms with Crippen LogP contribution in [0.3, 0.4) is 0 Å². The van der Waals surface area contributed by atoms with Crippen LogP contribution >= 0.6 is 0 Å². The fraction of sp³-hybridized carbons (Fsp3) is 0.227. The summed E-state index contributed by atoms with van der Waals surface area (Å²) in [7, 11) is 0. The second kappa shape index (κ2) is 8.39. The average molecular weight is 361 g/mol. The SMILES string of the molecule is CC([C+]=O)NC(=O)CCC(=O)N1Cc2ccccc2/C=C\c2ccccc21. The smallest absolute Gasteiger partial charge is 0.307 e. The summed E-state index contributed by atoms with van der Waals surface area (Å²) in [6, 6.07) is 15.0. The molecule has 2 aromatic rings. The van der Waals surface area contributed by atoms with Gasteiger partial charge in [-0.15, -0.1) is 0 Å². The minimum atomic E-state index is -0.674. The van der Waals surface area contributed by atoms with Crippen molar-refractivity contribution in [2.75, 3.05) is 4.90 Å². The fourth-order valence-corrected chi connectivity index (χ4v) is 3.07. The summed E-state index contributed by atoms with van der Waals surface area (Å²) in [5.74, 6) is -0.467. The van der Waals surface area contributed by atoms with Gasteiger partial charge in [-0.3, -0.25) is 9.59 Å². The van der Waals surface area contributed by atoms with Gasteiger partial charge in [0.1, 0.15) is 0 Å². The first-order valence-corrected chi connectivity index (χ1v) is 8.91. The van der Waals surface area contributed by atoms with Gasteiger partial charge in [0.15, 0.2) is 0 Å². The van der Waals surface area contributed by atoms with Gasteiger partial charge in [0, 0.05) is 24.6 Å². The van der Waals surface area contributed by atoms with E-state index >= 15 is 0 Å². The summed E-state index contributed by atoms with van der Waals surface area (Å²) in [5.41, 5.74) is 3.89. The van der Waals surface area contributed by atoms with E-state index in [9.17, 15) is 14.4 Å². The van der Waals surface area contributed by atoms with Gasteiger partial charge in [0.05, 0.1) is 12.2 Å². The largest absolute Gasteiger partial charge is 0.532 e. The lowest BCUT2D eigenvalue weighted by atomic mass is 10.0. The van der Waals surface area contributed by atoms with E-state index < -0.39 is 6.04 Å². The molecule has 0 aromatic heterocycles. The Morgan fingerprint density at radius 1 is 1.04 bits per heavy atom. The minimum absolute atomic E-state index is 0.0288. The van der Waals surface area contributed by atoms with Crippen molar-refractivity contribution >= 4 is 35.9 Å². The summed E-state index contributed by atoms with van der Waals surface area (Å²) in [6.07, 6.45) is 5.86. The van der Waals surface area contributed by atoms with Gasteiger partial charge in [-0.1, -0.05) is 54.6 Å². The Kier molecular flexibility index (Phi) is 5.74. The number of amides is 2. The molecular weight excluding hydrogens is 340 g/mol. The maximum atomic E-state index is 12.9. The van der Waals surface area contributed by atoms with Gasteiger partial charge in [0.2, 0.25) is 11.8 Å². The highest BCUT2D eigenvalue weighted by Crippen LogP contribution is 2.29. The molecule has 0 spiro atoms. The molecule has 27 heavy (non-hydrogen) atoms. The third kappa shape index (κ3) is 4.46. The maximum Gasteiger partial charge on any atom is 0.532 e. The van der Waals surface area contributed by atoms with E-state index in [1.54, 1.807) is 18.1 Å². The summed E-state index contributed by atoms with van der Waals surface area (Å²) in [6.45, 7) is 1.99. The topological polar surface area (TPSA) is 66.5 Å². The molecular formula is C22H21N2O3+. The lowest BCUT2D eigenvalue weighted by molar-refractivity contribution is -0.125. The first-order chi connectivity index (χ1) is 13.1. The van der Waals surface area contributed by atoms with Crippen LogP contribution in [-0.2, 0) is 20.9 Å².